The van der Waals surface area contributed by atoms with Gasteiger partial charge in [-0.3, -0.25) is 0 Å². The zero-order valence-corrected chi connectivity index (χ0v) is 14.0. The van der Waals surface area contributed by atoms with Crippen LogP contribution in [0.25, 0.3) is 5.57 Å². The predicted molar refractivity (Wildman–Crippen MR) is 88.8 cm³/mol. The Morgan fingerprint density at radius 3 is 2.61 bits per heavy atom. The lowest BCUT2D eigenvalue weighted by molar-refractivity contribution is 0.101. The SMILES string of the molecule is C=C(C)c1cc(F)c(CNCC23CC4CC(C)CC42C3)c(F)c1. The minimum atomic E-state index is -0.473. The van der Waals surface area contributed by atoms with Gasteiger partial charge in [-0.25, -0.2) is 8.78 Å². The Kier molecular flexibility index (Phi) is 3.26. The van der Waals surface area contributed by atoms with E-state index in [0.717, 1.165) is 18.4 Å². The lowest BCUT2D eigenvalue weighted by atomic mass is 9.67. The summed E-state index contributed by atoms with van der Waals surface area (Å²) in [6.45, 7) is 9.03. The third kappa shape index (κ3) is 2.12. The van der Waals surface area contributed by atoms with Crippen molar-refractivity contribution < 1.29 is 8.78 Å². The van der Waals surface area contributed by atoms with Crippen LogP contribution in [0.1, 0.15) is 50.7 Å². The molecule has 4 atom stereocenters. The zero-order valence-electron chi connectivity index (χ0n) is 14.0. The molecule has 4 rings (SSSR count). The molecule has 0 heterocycles. The predicted octanol–water partition coefficient (Wildman–Crippen LogP) is 4.91. The van der Waals surface area contributed by atoms with Gasteiger partial charge < -0.3 is 5.32 Å². The van der Waals surface area contributed by atoms with Crippen LogP contribution in [0.15, 0.2) is 18.7 Å². The molecule has 1 spiro atoms. The fourth-order valence-electron chi connectivity index (χ4n) is 5.66. The van der Waals surface area contributed by atoms with Gasteiger partial charge in [-0.2, -0.15) is 0 Å². The second-order valence-electron chi connectivity index (χ2n) is 8.36. The first-order valence-corrected chi connectivity index (χ1v) is 8.71. The van der Waals surface area contributed by atoms with E-state index in [-0.39, 0.29) is 12.1 Å². The molecular formula is C20H25F2N. The number of rotatable bonds is 5. The van der Waals surface area contributed by atoms with Crippen LogP contribution in [-0.4, -0.2) is 6.54 Å². The van der Waals surface area contributed by atoms with E-state index in [0.29, 0.717) is 22.0 Å². The highest BCUT2D eigenvalue weighted by atomic mass is 19.1. The minimum Gasteiger partial charge on any atom is -0.312 e. The Hall–Kier alpha value is -1.22. The van der Waals surface area contributed by atoms with E-state index in [2.05, 4.69) is 18.8 Å². The number of nitrogens with one attached hydrogen (secondary N) is 1. The van der Waals surface area contributed by atoms with Gasteiger partial charge in [-0.1, -0.05) is 19.1 Å². The van der Waals surface area contributed by atoms with Gasteiger partial charge in [0.1, 0.15) is 11.6 Å². The topological polar surface area (TPSA) is 12.0 Å². The molecule has 3 aliphatic carbocycles. The highest BCUT2D eigenvalue weighted by molar-refractivity contribution is 5.61. The normalized spacial score (nSPS) is 37.0. The van der Waals surface area contributed by atoms with Gasteiger partial charge in [-0.05, 0) is 73.0 Å². The van der Waals surface area contributed by atoms with Crippen LogP contribution < -0.4 is 5.32 Å². The van der Waals surface area contributed by atoms with Crippen molar-refractivity contribution in [2.75, 3.05) is 6.54 Å². The number of benzene rings is 1. The van der Waals surface area contributed by atoms with Crippen molar-refractivity contribution in [3.63, 3.8) is 0 Å². The van der Waals surface area contributed by atoms with Gasteiger partial charge >= 0.3 is 0 Å². The van der Waals surface area contributed by atoms with Gasteiger partial charge in [0.25, 0.3) is 0 Å². The van der Waals surface area contributed by atoms with Crippen LogP contribution >= 0.6 is 0 Å². The summed E-state index contributed by atoms with van der Waals surface area (Å²) in [5.74, 6) is 0.829. The highest BCUT2D eigenvalue weighted by Gasteiger charge is 2.79. The number of halogens is 2. The van der Waals surface area contributed by atoms with Gasteiger partial charge in [0, 0.05) is 18.7 Å². The summed E-state index contributed by atoms with van der Waals surface area (Å²) in [5.41, 5.74) is 2.38. The van der Waals surface area contributed by atoms with Gasteiger partial charge in [0.05, 0.1) is 0 Å². The standard InChI is InChI=1S/C20H25F2N/c1-12(2)14-5-17(21)16(18(22)6-14)9-23-11-19-8-15-4-13(3)7-20(15,19)10-19/h5-6,13,15,23H,1,4,7-11H2,2-3H3. The fraction of sp³-hybridized carbons (Fsp3) is 0.600. The monoisotopic (exact) mass is 317 g/mol. The first-order chi connectivity index (χ1) is 10.9. The Morgan fingerprint density at radius 1 is 1.30 bits per heavy atom. The Labute approximate surface area is 137 Å². The largest absolute Gasteiger partial charge is 0.312 e. The van der Waals surface area contributed by atoms with Gasteiger partial charge in [0.15, 0.2) is 0 Å². The summed E-state index contributed by atoms with van der Waals surface area (Å²) in [7, 11) is 0. The molecule has 124 valence electrons. The summed E-state index contributed by atoms with van der Waals surface area (Å²) in [6.07, 6.45) is 5.37. The molecule has 0 bridgehead atoms. The molecule has 23 heavy (non-hydrogen) atoms. The van der Waals surface area contributed by atoms with Crippen LogP contribution in [-0.2, 0) is 6.54 Å². The lowest BCUT2D eigenvalue weighted by Gasteiger charge is -2.40. The summed E-state index contributed by atoms with van der Waals surface area (Å²) >= 11 is 0. The third-order valence-electron chi connectivity index (χ3n) is 6.80. The summed E-state index contributed by atoms with van der Waals surface area (Å²) in [5, 5.41) is 3.34. The first kappa shape index (κ1) is 15.3. The smallest absolute Gasteiger partial charge is 0.131 e. The van der Waals surface area contributed by atoms with Crippen LogP contribution in [0.4, 0.5) is 8.78 Å². The van der Waals surface area contributed by atoms with E-state index in [1.807, 2.05) is 0 Å². The molecule has 1 N–H and O–H groups in total. The molecule has 0 saturated heterocycles. The molecular weight excluding hydrogens is 292 g/mol. The molecule has 1 nitrogen and oxygen atoms in total. The van der Waals surface area contributed by atoms with Crippen molar-refractivity contribution in [1.29, 1.82) is 0 Å². The maximum atomic E-state index is 14.1. The Bertz CT molecular complexity index is 655. The van der Waals surface area contributed by atoms with E-state index in [1.165, 1.54) is 37.8 Å². The minimum absolute atomic E-state index is 0.150. The molecule has 0 amide bonds. The zero-order chi connectivity index (χ0) is 16.4. The average molecular weight is 317 g/mol. The quantitative estimate of drug-likeness (QED) is 0.813. The summed E-state index contributed by atoms with van der Waals surface area (Å²) < 4.78 is 28.3. The van der Waals surface area contributed by atoms with Crippen LogP contribution in [0.5, 0.6) is 0 Å². The van der Waals surface area contributed by atoms with Crippen LogP contribution in [0, 0.1) is 34.3 Å². The highest BCUT2D eigenvalue weighted by Crippen LogP contribution is 2.86. The fourth-order valence-corrected chi connectivity index (χ4v) is 5.66. The van der Waals surface area contributed by atoms with Crippen molar-refractivity contribution in [1.82, 2.24) is 5.32 Å². The third-order valence-corrected chi connectivity index (χ3v) is 6.80. The van der Waals surface area contributed by atoms with Gasteiger partial charge in [0.2, 0.25) is 0 Å². The molecule has 4 unspecified atom stereocenters. The van der Waals surface area contributed by atoms with Gasteiger partial charge in [-0.15, -0.1) is 0 Å². The molecule has 3 saturated carbocycles. The molecule has 3 aliphatic rings. The molecule has 1 aromatic rings. The van der Waals surface area contributed by atoms with Crippen molar-refractivity contribution >= 4 is 5.57 Å². The second-order valence-corrected chi connectivity index (χ2v) is 8.36. The van der Waals surface area contributed by atoms with Crippen molar-refractivity contribution in [2.24, 2.45) is 22.7 Å². The maximum Gasteiger partial charge on any atom is 0.131 e. The lowest BCUT2D eigenvalue weighted by Crippen LogP contribution is -2.39. The maximum absolute atomic E-state index is 14.1. The average Bonchev–Trinajstić information content (AvgIpc) is 2.83. The van der Waals surface area contributed by atoms with Crippen LogP contribution in [0.2, 0.25) is 0 Å². The Balaban J connectivity index is 1.39. The molecule has 0 aliphatic heterocycles. The molecule has 0 aromatic heterocycles. The summed E-state index contributed by atoms with van der Waals surface area (Å²) in [6, 6.07) is 2.77. The molecule has 0 radical (unpaired) electrons. The van der Waals surface area contributed by atoms with E-state index < -0.39 is 11.6 Å². The molecule has 3 heteroatoms. The number of allylic oxidation sites excluding steroid dienone is 1. The second kappa shape index (κ2) is 4.89. The number of hydrogen-bond donors (Lipinski definition) is 1. The van der Waals surface area contributed by atoms with E-state index in [1.54, 1.807) is 6.92 Å². The molecule has 1 aromatic carbocycles. The first-order valence-electron chi connectivity index (χ1n) is 8.71. The number of hydrogen-bond acceptors (Lipinski definition) is 1. The van der Waals surface area contributed by atoms with Crippen molar-refractivity contribution in [2.45, 2.75) is 46.1 Å². The summed E-state index contributed by atoms with van der Waals surface area (Å²) in [4.78, 5) is 0. The van der Waals surface area contributed by atoms with E-state index in [9.17, 15) is 8.78 Å². The van der Waals surface area contributed by atoms with Crippen molar-refractivity contribution in [3.8, 4) is 0 Å². The van der Waals surface area contributed by atoms with E-state index in [4.69, 9.17) is 0 Å². The molecule has 3 fully saturated rings. The van der Waals surface area contributed by atoms with Crippen LogP contribution in [0.3, 0.4) is 0 Å². The Morgan fingerprint density at radius 2 is 2.00 bits per heavy atom. The van der Waals surface area contributed by atoms with Crippen molar-refractivity contribution in [3.05, 3.63) is 41.5 Å². The van der Waals surface area contributed by atoms with E-state index >= 15 is 0 Å².